The lowest BCUT2D eigenvalue weighted by Crippen LogP contribution is -2.35. The third-order valence-corrected chi connectivity index (χ3v) is 4.05. The van der Waals surface area contributed by atoms with Crippen molar-refractivity contribution in [2.45, 2.75) is 31.9 Å². The second-order valence-electron chi connectivity index (χ2n) is 5.47. The lowest BCUT2D eigenvalue weighted by Gasteiger charge is -2.31. The van der Waals surface area contributed by atoms with E-state index < -0.39 is 24.3 Å². The number of rotatable bonds is 1. The summed E-state index contributed by atoms with van der Waals surface area (Å²) in [5.74, 6) is -3.78. The maximum atomic E-state index is 13.7. The molecule has 6 heteroatoms. The van der Waals surface area contributed by atoms with Crippen molar-refractivity contribution in [3.63, 3.8) is 0 Å². The average Bonchev–Trinajstić information content (AvgIpc) is 2.81. The van der Waals surface area contributed by atoms with E-state index in [9.17, 15) is 18.3 Å². The first-order chi connectivity index (χ1) is 10.3. The number of nitriles is 1. The van der Waals surface area contributed by atoms with Crippen LogP contribution in [0.5, 0.6) is 0 Å². The van der Waals surface area contributed by atoms with E-state index >= 15 is 0 Å². The number of aliphatic hydroxyl groups excluding tert-OH is 1. The van der Waals surface area contributed by atoms with E-state index in [2.05, 4.69) is 0 Å². The zero-order valence-corrected chi connectivity index (χ0v) is 11.8. The van der Waals surface area contributed by atoms with Crippen molar-refractivity contribution in [2.24, 2.45) is 0 Å². The molecule has 2 heterocycles. The van der Waals surface area contributed by atoms with E-state index in [1.165, 1.54) is 18.2 Å². The summed E-state index contributed by atoms with van der Waals surface area (Å²) in [6.45, 7) is 1.70. The first-order valence-corrected chi connectivity index (χ1v) is 6.81. The number of benzene rings is 1. The van der Waals surface area contributed by atoms with Crippen LogP contribution in [0.3, 0.4) is 0 Å². The van der Waals surface area contributed by atoms with E-state index in [0.29, 0.717) is 16.8 Å². The topological polar surface area (TPSA) is 49.0 Å². The molecule has 0 bridgehead atoms. The van der Waals surface area contributed by atoms with Crippen molar-refractivity contribution in [1.29, 1.82) is 5.26 Å². The minimum Gasteiger partial charge on any atom is -0.381 e. The first-order valence-electron chi connectivity index (χ1n) is 6.81. The molecule has 0 radical (unpaired) electrons. The van der Waals surface area contributed by atoms with Gasteiger partial charge in [0.15, 0.2) is 6.10 Å². The van der Waals surface area contributed by atoms with Crippen LogP contribution in [-0.4, -0.2) is 15.6 Å². The molecule has 1 aliphatic rings. The molecule has 3 rings (SSSR count). The Morgan fingerprint density at radius 3 is 2.77 bits per heavy atom. The van der Waals surface area contributed by atoms with Crippen molar-refractivity contribution in [3.8, 4) is 17.3 Å². The quantitative estimate of drug-likeness (QED) is 0.876. The van der Waals surface area contributed by atoms with Crippen LogP contribution in [0.2, 0.25) is 0 Å². The van der Waals surface area contributed by atoms with Gasteiger partial charge in [-0.2, -0.15) is 5.26 Å². The Balaban J connectivity index is 2.16. The van der Waals surface area contributed by atoms with Gasteiger partial charge in [0.2, 0.25) is 0 Å². The number of hydrogen-bond acceptors (Lipinski definition) is 2. The van der Waals surface area contributed by atoms with Gasteiger partial charge in [-0.1, -0.05) is 0 Å². The molecule has 1 atom stereocenters. The molecule has 0 aliphatic carbocycles. The summed E-state index contributed by atoms with van der Waals surface area (Å²) < 4.78 is 42.4. The average molecular weight is 306 g/mol. The molecule has 1 unspecified atom stereocenters. The Labute approximate surface area is 125 Å². The molecule has 0 fully saturated rings. The van der Waals surface area contributed by atoms with Gasteiger partial charge in [-0.05, 0) is 42.3 Å². The van der Waals surface area contributed by atoms with Crippen LogP contribution in [0, 0.1) is 24.1 Å². The molecule has 1 N–H and O–H groups in total. The molecule has 1 aromatic carbocycles. The van der Waals surface area contributed by atoms with Gasteiger partial charge in [0.25, 0.3) is 5.92 Å². The van der Waals surface area contributed by atoms with Crippen LogP contribution in [0.4, 0.5) is 13.2 Å². The normalized spacial score (nSPS) is 19.5. The number of aromatic nitrogens is 1. The fourth-order valence-electron chi connectivity index (χ4n) is 2.91. The molecule has 3 nitrogen and oxygen atoms in total. The molecule has 0 spiro atoms. The van der Waals surface area contributed by atoms with Crippen LogP contribution < -0.4 is 0 Å². The Hall–Kier alpha value is -2.26. The summed E-state index contributed by atoms with van der Waals surface area (Å²) in [7, 11) is 0. The van der Waals surface area contributed by atoms with Crippen LogP contribution in [0.1, 0.15) is 29.3 Å². The van der Waals surface area contributed by atoms with Gasteiger partial charge in [0.05, 0.1) is 11.3 Å². The molecule has 22 heavy (non-hydrogen) atoms. The maximum absolute atomic E-state index is 13.7. The summed E-state index contributed by atoms with van der Waals surface area (Å²) in [4.78, 5) is 0. The van der Waals surface area contributed by atoms with E-state index in [-0.39, 0.29) is 17.8 Å². The zero-order chi connectivity index (χ0) is 16.1. The zero-order valence-electron chi connectivity index (χ0n) is 11.8. The minimum absolute atomic E-state index is 0.0574. The largest absolute Gasteiger partial charge is 0.381 e. The standard InChI is InChI=1S/C16H13F3N2O/c1-9-6-13(10-2-3-12(17)11(7-10)8-20)21-5-4-16(18,19)15(22)14(9)21/h2-3,6-7,15,22H,4-5H2,1H3. The van der Waals surface area contributed by atoms with E-state index in [1.807, 2.05) is 0 Å². The highest BCUT2D eigenvalue weighted by molar-refractivity contribution is 5.65. The number of hydrogen-bond donors (Lipinski definition) is 1. The fourth-order valence-corrected chi connectivity index (χ4v) is 2.91. The monoisotopic (exact) mass is 306 g/mol. The predicted octanol–water partition coefficient (Wildman–Crippen LogP) is 3.55. The van der Waals surface area contributed by atoms with Crippen LogP contribution >= 0.6 is 0 Å². The van der Waals surface area contributed by atoms with Crippen LogP contribution in [-0.2, 0) is 6.54 Å². The summed E-state index contributed by atoms with van der Waals surface area (Å²) in [6, 6.07) is 7.50. The SMILES string of the molecule is Cc1cc(-c2ccc(F)c(C#N)c2)n2c1C(O)C(F)(F)CC2. The highest BCUT2D eigenvalue weighted by Crippen LogP contribution is 2.43. The van der Waals surface area contributed by atoms with Crippen molar-refractivity contribution in [3.05, 3.63) is 46.9 Å². The van der Waals surface area contributed by atoms with Crippen molar-refractivity contribution < 1.29 is 18.3 Å². The third-order valence-electron chi connectivity index (χ3n) is 4.05. The Morgan fingerprint density at radius 2 is 2.09 bits per heavy atom. The Bertz CT molecular complexity index is 789. The second kappa shape index (κ2) is 4.89. The number of aryl methyl sites for hydroxylation is 1. The molecule has 0 saturated heterocycles. The molecule has 1 aromatic heterocycles. The molecule has 0 amide bonds. The Kier molecular flexibility index (Phi) is 3.26. The molecule has 1 aliphatic heterocycles. The number of alkyl halides is 2. The highest BCUT2D eigenvalue weighted by Gasteiger charge is 2.45. The van der Waals surface area contributed by atoms with Gasteiger partial charge >= 0.3 is 0 Å². The molecule has 0 saturated carbocycles. The number of halogens is 3. The van der Waals surface area contributed by atoms with E-state index in [4.69, 9.17) is 5.26 Å². The lowest BCUT2D eigenvalue weighted by atomic mass is 10.0. The van der Waals surface area contributed by atoms with Gasteiger partial charge in [-0.25, -0.2) is 13.2 Å². The molecular weight excluding hydrogens is 293 g/mol. The van der Waals surface area contributed by atoms with Crippen LogP contribution in [0.15, 0.2) is 24.3 Å². The summed E-state index contributed by atoms with van der Waals surface area (Å²) in [6.07, 6.45) is -2.32. The van der Waals surface area contributed by atoms with Gasteiger partial charge in [0, 0.05) is 18.7 Å². The van der Waals surface area contributed by atoms with Crippen molar-refractivity contribution in [2.75, 3.05) is 0 Å². The Morgan fingerprint density at radius 1 is 1.36 bits per heavy atom. The maximum Gasteiger partial charge on any atom is 0.280 e. The van der Waals surface area contributed by atoms with Gasteiger partial charge in [-0.15, -0.1) is 0 Å². The molecular formula is C16H13F3N2O. The number of aliphatic hydroxyl groups is 1. The van der Waals surface area contributed by atoms with Crippen molar-refractivity contribution >= 4 is 0 Å². The van der Waals surface area contributed by atoms with Gasteiger partial charge in [-0.3, -0.25) is 0 Å². The smallest absolute Gasteiger partial charge is 0.280 e. The predicted molar refractivity (Wildman–Crippen MR) is 73.8 cm³/mol. The van der Waals surface area contributed by atoms with E-state index in [1.54, 1.807) is 23.6 Å². The fraction of sp³-hybridized carbons (Fsp3) is 0.312. The first kappa shape index (κ1) is 14.7. The lowest BCUT2D eigenvalue weighted by molar-refractivity contribution is -0.131. The number of fused-ring (bicyclic) bond motifs is 1. The summed E-state index contributed by atoms with van der Waals surface area (Å²) in [5, 5.41) is 18.8. The second-order valence-corrected chi connectivity index (χ2v) is 5.47. The molecule has 2 aromatic rings. The van der Waals surface area contributed by atoms with Gasteiger partial charge in [0.1, 0.15) is 11.9 Å². The van der Waals surface area contributed by atoms with Crippen molar-refractivity contribution in [1.82, 2.24) is 4.57 Å². The van der Waals surface area contributed by atoms with E-state index in [0.717, 1.165) is 0 Å². The summed E-state index contributed by atoms with van der Waals surface area (Å²) >= 11 is 0. The van der Waals surface area contributed by atoms with Crippen LogP contribution in [0.25, 0.3) is 11.3 Å². The third kappa shape index (κ3) is 2.09. The number of nitrogens with zero attached hydrogens (tertiary/aromatic N) is 2. The highest BCUT2D eigenvalue weighted by atomic mass is 19.3. The summed E-state index contributed by atoms with van der Waals surface area (Å²) in [5.41, 5.74) is 1.77. The van der Waals surface area contributed by atoms with Gasteiger partial charge < -0.3 is 9.67 Å². The molecule has 114 valence electrons. The minimum atomic E-state index is -3.16.